The van der Waals surface area contributed by atoms with Crippen molar-refractivity contribution in [2.24, 2.45) is 5.11 Å². The van der Waals surface area contributed by atoms with Gasteiger partial charge in [0, 0.05) is 5.56 Å². The Kier molecular flexibility index (Phi) is 2.62. The Morgan fingerprint density at radius 1 is 1.25 bits per heavy atom. The van der Waals surface area contributed by atoms with Crippen LogP contribution in [0.25, 0.3) is 11.3 Å². The van der Waals surface area contributed by atoms with Crippen molar-refractivity contribution >= 4 is 5.95 Å². The smallest absolute Gasteiger partial charge is 0.282 e. The van der Waals surface area contributed by atoms with Gasteiger partial charge in [-0.3, -0.25) is 9.78 Å². The van der Waals surface area contributed by atoms with Gasteiger partial charge in [-0.15, -0.1) is 10.2 Å². The molecule has 2 N–H and O–H groups in total. The molecule has 1 aromatic heterocycles. The molecule has 0 spiro atoms. The van der Waals surface area contributed by atoms with E-state index in [9.17, 15) is 4.79 Å². The van der Waals surface area contributed by atoms with E-state index in [1.165, 1.54) is 0 Å². The van der Waals surface area contributed by atoms with E-state index in [4.69, 9.17) is 5.53 Å². The van der Waals surface area contributed by atoms with Crippen molar-refractivity contribution in [2.75, 3.05) is 0 Å². The quantitative estimate of drug-likeness (QED) is 0.576. The fourth-order valence-electron chi connectivity index (χ4n) is 1.21. The maximum absolute atomic E-state index is 11.6. The number of aromatic nitrogens is 3. The number of aromatic amines is 1. The summed E-state index contributed by atoms with van der Waals surface area (Å²) in [5.74, 6) is -0.0836. The fraction of sp³-hybridized carbons (Fsp3) is 0. The summed E-state index contributed by atoms with van der Waals surface area (Å²) < 4.78 is 0. The van der Waals surface area contributed by atoms with E-state index in [-0.39, 0.29) is 11.6 Å². The van der Waals surface area contributed by atoms with Crippen LogP contribution in [-0.2, 0) is 0 Å². The van der Waals surface area contributed by atoms with E-state index < -0.39 is 5.56 Å². The lowest BCUT2D eigenvalue weighted by atomic mass is 10.2. The number of nitrogens with zero attached hydrogens (tertiary/aromatic N) is 4. The minimum absolute atomic E-state index is 0.0836. The highest BCUT2D eigenvalue weighted by molar-refractivity contribution is 5.57. The van der Waals surface area contributed by atoms with Gasteiger partial charge in [-0.05, 0) is 0 Å². The lowest BCUT2D eigenvalue weighted by molar-refractivity contribution is 0.885. The van der Waals surface area contributed by atoms with Crippen LogP contribution in [0.4, 0.5) is 5.95 Å². The van der Waals surface area contributed by atoms with Gasteiger partial charge in [-0.1, -0.05) is 30.3 Å². The third kappa shape index (κ3) is 1.89. The lowest BCUT2D eigenvalue weighted by Gasteiger charge is -1.96. The van der Waals surface area contributed by atoms with Crippen molar-refractivity contribution in [2.45, 2.75) is 0 Å². The van der Waals surface area contributed by atoms with E-state index in [0.717, 1.165) is 0 Å². The van der Waals surface area contributed by atoms with Gasteiger partial charge < -0.3 is 0 Å². The zero-order valence-corrected chi connectivity index (χ0v) is 8.08. The van der Waals surface area contributed by atoms with Gasteiger partial charge in [0.15, 0.2) is 10.8 Å². The molecule has 2 rings (SSSR count). The summed E-state index contributed by atoms with van der Waals surface area (Å²) in [6.45, 7) is 0. The van der Waals surface area contributed by atoms with Crippen LogP contribution in [0.15, 0.2) is 40.2 Å². The van der Waals surface area contributed by atoms with Gasteiger partial charge in [0.25, 0.3) is 5.56 Å². The maximum Gasteiger partial charge on any atom is 0.336 e. The molecule has 7 heteroatoms. The molecule has 0 aliphatic heterocycles. The van der Waals surface area contributed by atoms with Crippen LogP contribution < -0.4 is 10.5 Å². The standard InChI is InChI=1S/C9H6N6O/c10-15-14-9-11-8(16)7(12-13-9)6-4-2-1-3-5-6/h1-5H,(H-,10,11,13,14,16)/p+1. The highest BCUT2D eigenvalue weighted by Crippen LogP contribution is 2.10. The summed E-state index contributed by atoms with van der Waals surface area (Å²) >= 11 is 0. The van der Waals surface area contributed by atoms with Gasteiger partial charge in [-0.25, -0.2) is 0 Å². The van der Waals surface area contributed by atoms with E-state index in [1.807, 2.05) is 6.07 Å². The van der Waals surface area contributed by atoms with Crippen LogP contribution in [0.3, 0.4) is 0 Å². The molecular formula is C9H7N6O+. The molecule has 7 nitrogen and oxygen atoms in total. The summed E-state index contributed by atoms with van der Waals surface area (Å²) in [5, 5.41) is 10.6. The number of hydrogen-bond donors (Lipinski definition) is 2. The van der Waals surface area contributed by atoms with Crippen molar-refractivity contribution in [3.8, 4) is 11.3 Å². The molecule has 0 bridgehead atoms. The predicted octanol–water partition coefficient (Wildman–Crippen LogP) is 1.01. The molecule has 0 atom stereocenters. The first kappa shape index (κ1) is 9.88. The highest BCUT2D eigenvalue weighted by Gasteiger charge is 2.08. The molecule has 0 unspecified atom stereocenters. The average Bonchev–Trinajstić information content (AvgIpc) is 2.31. The number of nitrogens with one attached hydrogen (secondary N) is 2. The summed E-state index contributed by atoms with van der Waals surface area (Å²) in [6, 6.07) is 8.95. The van der Waals surface area contributed by atoms with Gasteiger partial charge in [-0.2, -0.15) is 0 Å². The summed E-state index contributed by atoms with van der Waals surface area (Å²) in [4.78, 5) is 16.7. The third-order valence-corrected chi connectivity index (χ3v) is 1.88. The molecule has 0 amide bonds. The largest absolute Gasteiger partial charge is 0.336 e. The molecule has 0 saturated heterocycles. The summed E-state index contributed by atoms with van der Waals surface area (Å²) in [6.07, 6.45) is 0. The fourth-order valence-corrected chi connectivity index (χ4v) is 1.21. The molecule has 0 aliphatic rings. The summed E-state index contributed by atoms with van der Waals surface area (Å²) in [7, 11) is 0. The molecule has 16 heavy (non-hydrogen) atoms. The second-order valence-corrected chi connectivity index (χ2v) is 2.89. The van der Waals surface area contributed by atoms with Crippen LogP contribution >= 0.6 is 0 Å². The Balaban J connectivity index is 2.53. The molecule has 78 valence electrons. The molecule has 1 heterocycles. The van der Waals surface area contributed by atoms with E-state index >= 15 is 0 Å². The average molecular weight is 215 g/mol. The number of H-pyrrole nitrogens is 1. The lowest BCUT2D eigenvalue weighted by Crippen LogP contribution is -2.12. The summed E-state index contributed by atoms with van der Waals surface area (Å²) in [5.41, 5.74) is 6.97. The second-order valence-electron chi connectivity index (χ2n) is 2.89. The Labute approximate surface area is 89.4 Å². The number of hydrogen-bond acceptors (Lipinski definition) is 5. The van der Waals surface area contributed by atoms with E-state index in [0.29, 0.717) is 5.56 Å². The van der Waals surface area contributed by atoms with E-state index in [1.54, 1.807) is 24.3 Å². The van der Waals surface area contributed by atoms with Gasteiger partial charge in [0.2, 0.25) is 4.91 Å². The van der Waals surface area contributed by atoms with Crippen LogP contribution in [0.5, 0.6) is 0 Å². The van der Waals surface area contributed by atoms with Gasteiger partial charge in [0.05, 0.1) is 0 Å². The first-order valence-electron chi connectivity index (χ1n) is 4.41. The minimum Gasteiger partial charge on any atom is -0.282 e. The van der Waals surface area contributed by atoms with Crippen LogP contribution in [0.1, 0.15) is 0 Å². The Morgan fingerprint density at radius 3 is 2.62 bits per heavy atom. The Hall–Kier alpha value is -2.66. The first-order valence-corrected chi connectivity index (χ1v) is 4.41. The van der Waals surface area contributed by atoms with Gasteiger partial charge in [0.1, 0.15) is 5.53 Å². The molecule has 1 aromatic carbocycles. The topological polar surface area (TPSA) is 109 Å². The molecule has 0 fully saturated rings. The second kappa shape index (κ2) is 4.24. The normalized spacial score (nSPS) is 9.50. The first-order chi connectivity index (χ1) is 7.81. The zero-order valence-electron chi connectivity index (χ0n) is 8.08. The van der Waals surface area contributed by atoms with Crippen molar-refractivity contribution in [3.05, 3.63) is 40.7 Å². The highest BCUT2D eigenvalue weighted by atomic mass is 16.1. The molecule has 0 radical (unpaired) electrons. The van der Waals surface area contributed by atoms with Crippen molar-refractivity contribution in [1.82, 2.24) is 20.1 Å². The number of benzene rings is 1. The molecule has 0 saturated carbocycles. The van der Waals surface area contributed by atoms with Crippen LogP contribution in [-0.4, -0.2) is 15.2 Å². The van der Waals surface area contributed by atoms with Crippen molar-refractivity contribution < 1.29 is 0 Å². The Morgan fingerprint density at radius 2 is 2.00 bits per heavy atom. The molecule has 0 aliphatic carbocycles. The number of rotatable bonds is 2. The van der Waals surface area contributed by atoms with Gasteiger partial charge >= 0.3 is 5.95 Å². The SMILES string of the molecule is N=[N+]=Nc1nnc(-c2ccccc2)c(=O)[nH]1. The predicted molar refractivity (Wildman–Crippen MR) is 55.0 cm³/mol. The third-order valence-electron chi connectivity index (χ3n) is 1.88. The zero-order chi connectivity index (χ0) is 11.4. The monoisotopic (exact) mass is 215 g/mol. The minimum atomic E-state index is -0.413. The Bertz CT molecular complexity index is 599. The van der Waals surface area contributed by atoms with E-state index in [2.05, 4.69) is 25.2 Å². The van der Waals surface area contributed by atoms with Crippen molar-refractivity contribution in [3.63, 3.8) is 0 Å². The molecule has 2 aromatic rings. The van der Waals surface area contributed by atoms with Crippen LogP contribution in [0.2, 0.25) is 0 Å². The van der Waals surface area contributed by atoms with Crippen LogP contribution in [0, 0.1) is 5.53 Å². The van der Waals surface area contributed by atoms with Crippen molar-refractivity contribution in [1.29, 1.82) is 5.53 Å². The molecular weight excluding hydrogens is 208 g/mol. The maximum atomic E-state index is 11.6.